The van der Waals surface area contributed by atoms with Crippen LogP contribution in [-0.2, 0) is 0 Å². The Balaban J connectivity index is 1.89. The molecule has 0 spiro atoms. The minimum absolute atomic E-state index is 0.00375. The van der Waals surface area contributed by atoms with Crippen molar-refractivity contribution in [3.05, 3.63) is 67.5 Å². The number of aromatic hydroxyl groups is 2. The Morgan fingerprint density at radius 2 is 1.87 bits per heavy atom. The topological polar surface area (TPSA) is 103 Å². The summed E-state index contributed by atoms with van der Waals surface area (Å²) in [5, 5.41) is 34.9. The Morgan fingerprint density at radius 3 is 2.58 bits per heavy atom. The highest BCUT2D eigenvalue weighted by molar-refractivity contribution is 6.37. The lowest BCUT2D eigenvalue weighted by Crippen LogP contribution is -2.37. The number of aliphatic hydroxyl groups is 1. The molecule has 1 aliphatic heterocycles. The Hall–Kier alpha value is -2.51. The van der Waals surface area contributed by atoms with Crippen LogP contribution >= 0.6 is 23.2 Å². The maximum atomic E-state index is 12.8. The number of benzene rings is 2. The van der Waals surface area contributed by atoms with E-state index in [0.29, 0.717) is 40.7 Å². The predicted molar refractivity (Wildman–Crippen MR) is 122 cm³/mol. The summed E-state index contributed by atoms with van der Waals surface area (Å²) in [5.74, 6) is -0.722. The lowest BCUT2D eigenvalue weighted by Gasteiger charge is -2.31. The van der Waals surface area contributed by atoms with Gasteiger partial charge in [0.2, 0.25) is 0 Å². The third-order valence-electron chi connectivity index (χ3n) is 5.64. The second-order valence-electron chi connectivity index (χ2n) is 7.56. The van der Waals surface area contributed by atoms with Crippen LogP contribution in [0.4, 0.5) is 0 Å². The molecule has 4 N–H and O–H groups in total. The number of halogens is 2. The number of phenols is 2. The van der Waals surface area contributed by atoms with Gasteiger partial charge in [-0.3, -0.25) is 4.79 Å². The highest BCUT2D eigenvalue weighted by Crippen LogP contribution is 2.43. The largest absolute Gasteiger partial charge is 0.507 e. The molecule has 2 heterocycles. The molecule has 0 saturated carbocycles. The number of phenolic OH excluding ortho intramolecular Hbond substituents is 2. The average Bonchev–Trinajstić information content (AvgIpc) is 2.73. The predicted octanol–water partition coefficient (Wildman–Crippen LogP) is 4.37. The van der Waals surface area contributed by atoms with Crippen LogP contribution in [-0.4, -0.2) is 35.0 Å². The smallest absolute Gasteiger partial charge is 0.197 e. The van der Waals surface area contributed by atoms with Gasteiger partial charge in [0.25, 0.3) is 0 Å². The molecule has 1 fully saturated rings. The molecule has 2 atom stereocenters. The molecule has 2 unspecified atom stereocenters. The molecule has 1 aromatic heterocycles. The van der Waals surface area contributed by atoms with E-state index in [4.69, 9.17) is 27.6 Å². The van der Waals surface area contributed by atoms with Crippen molar-refractivity contribution in [2.75, 3.05) is 19.7 Å². The van der Waals surface area contributed by atoms with Crippen molar-refractivity contribution < 1.29 is 19.7 Å². The standard InChI is InChI=1S/C23H21Cl2NO5/c24-16-2-1-3-17(25)15(16)5-4-13-8-18(28)22-20(30)9-19(29)21(23(22)31-13)14-6-7-26-10-12(14)11-27/h1-5,8-9,12,14,26-27,29-30H,6-7,10-11H2. The highest BCUT2D eigenvalue weighted by atomic mass is 35.5. The fraction of sp³-hybridized carbons (Fsp3) is 0.261. The number of aliphatic hydroxyl groups excluding tert-OH is 1. The summed E-state index contributed by atoms with van der Waals surface area (Å²) in [4.78, 5) is 12.8. The van der Waals surface area contributed by atoms with Crippen molar-refractivity contribution in [3.8, 4) is 11.5 Å². The maximum Gasteiger partial charge on any atom is 0.197 e. The summed E-state index contributed by atoms with van der Waals surface area (Å²) in [7, 11) is 0. The number of hydrogen-bond acceptors (Lipinski definition) is 6. The lowest BCUT2D eigenvalue weighted by molar-refractivity contribution is 0.178. The van der Waals surface area contributed by atoms with Crippen LogP contribution in [0.25, 0.3) is 23.1 Å². The first-order valence-corrected chi connectivity index (χ1v) is 10.6. The van der Waals surface area contributed by atoms with Crippen molar-refractivity contribution in [3.63, 3.8) is 0 Å². The molecule has 31 heavy (non-hydrogen) atoms. The van der Waals surface area contributed by atoms with Gasteiger partial charge in [0, 0.05) is 52.4 Å². The van der Waals surface area contributed by atoms with Crippen molar-refractivity contribution in [2.45, 2.75) is 12.3 Å². The Kier molecular flexibility index (Phi) is 6.25. The summed E-state index contributed by atoms with van der Waals surface area (Å²) in [6.07, 6.45) is 3.83. The second-order valence-corrected chi connectivity index (χ2v) is 8.37. The molecule has 4 rings (SSSR count). The van der Waals surface area contributed by atoms with Gasteiger partial charge in [-0.25, -0.2) is 0 Å². The molecule has 0 aliphatic carbocycles. The summed E-state index contributed by atoms with van der Waals surface area (Å²) in [6.45, 7) is 1.17. The fourth-order valence-corrected chi connectivity index (χ4v) is 4.63. The van der Waals surface area contributed by atoms with E-state index in [0.717, 1.165) is 6.07 Å². The number of fused-ring (bicyclic) bond motifs is 1. The van der Waals surface area contributed by atoms with Gasteiger partial charge >= 0.3 is 0 Å². The average molecular weight is 462 g/mol. The lowest BCUT2D eigenvalue weighted by atomic mass is 9.80. The maximum absolute atomic E-state index is 12.8. The number of rotatable bonds is 4. The third-order valence-corrected chi connectivity index (χ3v) is 6.30. The zero-order valence-corrected chi connectivity index (χ0v) is 18.0. The van der Waals surface area contributed by atoms with Crippen LogP contribution in [0.3, 0.4) is 0 Å². The van der Waals surface area contributed by atoms with Crippen LogP contribution in [0.15, 0.2) is 39.5 Å². The van der Waals surface area contributed by atoms with Gasteiger partial charge < -0.3 is 25.1 Å². The fourth-order valence-electron chi connectivity index (χ4n) is 4.11. The van der Waals surface area contributed by atoms with Crippen LogP contribution in [0.1, 0.15) is 29.2 Å². The number of nitrogens with one attached hydrogen (secondary N) is 1. The van der Waals surface area contributed by atoms with Gasteiger partial charge in [-0.2, -0.15) is 0 Å². The monoisotopic (exact) mass is 461 g/mol. The van der Waals surface area contributed by atoms with E-state index in [1.807, 2.05) is 0 Å². The minimum Gasteiger partial charge on any atom is -0.507 e. The zero-order valence-electron chi connectivity index (χ0n) is 16.4. The first kappa shape index (κ1) is 21.7. The highest BCUT2D eigenvalue weighted by Gasteiger charge is 2.31. The summed E-state index contributed by atoms with van der Waals surface area (Å²) in [6, 6.07) is 7.54. The molecule has 0 radical (unpaired) electrons. The van der Waals surface area contributed by atoms with Gasteiger partial charge in [-0.05, 0) is 43.2 Å². The van der Waals surface area contributed by atoms with Gasteiger partial charge in [-0.1, -0.05) is 29.3 Å². The number of hydrogen-bond donors (Lipinski definition) is 4. The van der Waals surface area contributed by atoms with E-state index in [2.05, 4.69) is 5.32 Å². The van der Waals surface area contributed by atoms with E-state index in [1.165, 1.54) is 6.07 Å². The van der Waals surface area contributed by atoms with Gasteiger partial charge in [0.1, 0.15) is 28.2 Å². The van der Waals surface area contributed by atoms with Crippen LogP contribution < -0.4 is 10.7 Å². The van der Waals surface area contributed by atoms with E-state index < -0.39 is 5.43 Å². The van der Waals surface area contributed by atoms with E-state index in [-0.39, 0.29) is 46.7 Å². The second kappa shape index (κ2) is 8.93. The van der Waals surface area contributed by atoms with Crippen molar-refractivity contribution in [2.24, 2.45) is 5.92 Å². The Morgan fingerprint density at radius 1 is 1.13 bits per heavy atom. The normalized spacial score (nSPS) is 19.3. The quantitative estimate of drug-likeness (QED) is 0.460. The minimum atomic E-state index is -0.445. The van der Waals surface area contributed by atoms with Crippen LogP contribution in [0.2, 0.25) is 10.0 Å². The molecule has 8 heteroatoms. The van der Waals surface area contributed by atoms with Gasteiger partial charge in [0.15, 0.2) is 5.43 Å². The Labute approximate surface area is 188 Å². The summed E-state index contributed by atoms with van der Waals surface area (Å²) >= 11 is 12.4. The van der Waals surface area contributed by atoms with Gasteiger partial charge in [0.05, 0.1) is 0 Å². The molecule has 1 aliphatic rings. The summed E-state index contributed by atoms with van der Waals surface area (Å²) in [5.41, 5.74) is 0.655. The van der Waals surface area contributed by atoms with Crippen molar-refractivity contribution >= 4 is 46.3 Å². The van der Waals surface area contributed by atoms with Crippen LogP contribution in [0, 0.1) is 5.92 Å². The molecule has 162 valence electrons. The third kappa shape index (κ3) is 4.16. The first-order valence-electron chi connectivity index (χ1n) is 9.87. The molecular weight excluding hydrogens is 441 g/mol. The Bertz CT molecular complexity index is 1200. The molecule has 6 nitrogen and oxygen atoms in total. The van der Waals surface area contributed by atoms with Crippen molar-refractivity contribution in [1.82, 2.24) is 5.32 Å². The molecule has 3 aromatic rings. The SMILES string of the molecule is O=c1cc(C=Cc2c(Cl)cccc2Cl)oc2c(C3CCNCC3CO)c(O)cc(O)c12. The van der Waals surface area contributed by atoms with E-state index in [9.17, 15) is 20.1 Å². The first-order chi connectivity index (χ1) is 14.9. The van der Waals surface area contributed by atoms with Crippen molar-refractivity contribution in [1.29, 1.82) is 0 Å². The van der Waals surface area contributed by atoms with Crippen LogP contribution in [0.5, 0.6) is 11.5 Å². The molecule has 0 amide bonds. The molecule has 0 bridgehead atoms. The molecular formula is C23H21Cl2NO5. The zero-order chi connectivity index (χ0) is 22.1. The number of piperidine rings is 1. The molecule has 2 aromatic carbocycles. The van der Waals surface area contributed by atoms with E-state index >= 15 is 0 Å². The molecule has 1 saturated heterocycles. The van der Waals surface area contributed by atoms with E-state index in [1.54, 1.807) is 30.4 Å². The summed E-state index contributed by atoms with van der Waals surface area (Å²) < 4.78 is 5.99. The van der Waals surface area contributed by atoms with Gasteiger partial charge in [-0.15, -0.1) is 0 Å².